The van der Waals surface area contributed by atoms with E-state index < -0.39 is 108 Å². The molecule has 0 aromatic heterocycles. The molecule has 0 aromatic rings. The lowest BCUT2D eigenvalue weighted by molar-refractivity contribution is -0.136. The molecule has 0 rings (SSSR count). The Hall–Kier alpha value is -5.46. The van der Waals surface area contributed by atoms with Gasteiger partial charge in [0.25, 0.3) is 0 Å². The molecule has 10 amide bonds. The molecule has 9 atom stereocenters. The average molecular weight is 1220 g/mol. The molecule has 0 aliphatic carbocycles. The molecule has 0 bridgehead atoms. The highest BCUT2D eigenvalue weighted by Gasteiger charge is 2.36. The van der Waals surface area contributed by atoms with Crippen LogP contribution in [0.5, 0.6) is 0 Å². The molecule has 0 spiro atoms. The SMILES string of the molecule is CCCCCCCC(=O)N[C@@H](CC(C)C)C(=O)N[C@@H](CCCCN)C(=O)N[C@@H](CCCCN)C(=O)N[C@@H](CC(C)C)C(=O)N[C@@H](CC(C)C)C(=O)N[C@@H](CCCCN)C(=O)N[C@@H](CC(C)C)C(=O)N[C@@H](CC(C)C)C(=O)N[C@@H](CCCCN)C(N)=O. The molecule has 0 radical (unpaired) electrons. The van der Waals surface area contributed by atoms with E-state index in [1.165, 1.54) is 0 Å². The summed E-state index contributed by atoms with van der Waals surface area (Å²) in [5.74, 6) is -6.51. The van der Waals surface area contributed by atoms with Crippen molar-refractivity contribution in [3.8, 4) is 0 Å². The van der Waals surface area contributed by atoms with Crippen LogP contribution in [-0.4, -0.2) is 140 Å². The number of carbonyl (C=O) groups excluding carboxylic acids is 10. The number of hydrogen-bond acceptors (Lipinski definition) is 14. The molecule has 0 saturated heterocycles. The first-order valence-corrected chi connectivity index (χ1v) is 32.5. The fourth-order valence-electron chi connectivity index (χ4n) is 9.91. The van der Waals surface area contributed by atoms with Crippen molar-refractivity contribution in [1.82, 2.24) is 47.9 Å². The zero-order chi connectivity index (χ0) is 65.3. The Kier molecular flexibility index (Phi) is 43.7. The Morgan fingerprint density at radius 2 is 0.500 bits per heavy atom. The van der Waals surface area contributed by atoms with Gasteiger partial charge in [-0.2, -0.15) is 0 Å². The van der Waals surface area contributed by atoms with Crippen molar-refractivity contribution in [3.63, 3.8) is 0 Å². The van der Waals surface area contributed by atoms with Crippen LogP contribution in [0, 0.1) is 29.6 Å². The number of nitrogens with one attached hydrogen (secondary N) is 9. The number of nitrogens with two attached hydrogens (primary N) is 5. The summed E-state index contributed by atoms with van der Waals surface area (Å²) < 4.78 is 0. The standard InChI is InChI=1S/C62H120N14O10/c1-12-13-14-15-16-29-53(77)68-48(34-39(2)3)58(82)71-45(26-18-22-31-64)55(79)70-46(27-19-23-32-65)56(80)73-52(38-43(10)11)62(86)76-50(36-41(6)7)60(84)72-47(28-20-24-33-66)57(81)74-51(37-42(8)9)61(85)75-49(35-40(4)5)59(83)69-44(54(67)78)25-17-21-30-63/h39-52H,12-38,63-66H2,1-11H3,(H2,67,78)(H,68,77)(H,69,83)(H,70,79)(H,71,82)(H,72,84)(H,73,80)(H,74,81)(H,75,85)(H,76,86)/t44-,45-,46-,47-,48-,49-,50-,51-,52-/m0/s1. The number of unbranched alkanes of at least 4 members (excludes halogenated alkanes) is 8. The van der Waals surface area contributed by atoms with Crippen molar-refractivity contribution in [2.75, 3.05) is 26.2 Å². The molecule has 0 fully saturated rings. The van der Waals surface area contributed by atoms with E-state index in [4.69, 9.17) is 28.7 Å². The van der Waals surface area contributed by atoms with Crippen LogP contribution in [0.3, 0.4) is 0 Å². The van der Waals surface area contributed by atoms with Crippen molar-refractivity contribution >= 4 is 59.1 Å². The van der Waals surface area contributed by atoms with E-state index >= 15 is 0 Å². The molecule has 86 heavy (non-hydrogen) atoms. The molecular formula is C62H120N14O10. The van der Waals surface area contributed by atoms with Gasteiger partial charge in [-0.15, -0.1) is 0 Å². The molecule has 19 N–H and O–H groups in total. The summed E-state index contributed by atoms with van der Waals surface area (Å²) in [6, 6.07) is -9.96. The van der Waals surface area contributed by atoms with Gasteiger partial charge in [-0.05, 0) is 171 Å². The highest BCUT2D eigenvalue weighted by atomic mass is 16.2. The number of primary amides is 1. The minimum atomic E-state index is -1.20. The number of carbonyl (C=O) groups is 10. The van der Waals surface area contributed by atoms with Crippen molar-refractivity contribution < 1.29 is 47.9 Å². The average Bonchev–Trinajstić information content (AvgIpc) is 3.64. The predicted octanol–water partition coefficient (Wildman–Crippen LogP) is 2.94. The molecule has 0 unspecified atom stereocenters. The number of hydrogen-bond donors (Lipinski definition) is 14. The first-order valence-electron chi connectivity index (χ1n) is 32.5. The molecule has 0 saturated carbocycles. The van der Waals surface area contributed by atoms with Crippen LogP contribution in [0.15, 0.2) is 0 Å². The minimum absolute atomic E-state index is 0.0354. The van der Waals surface area contributed by atoms with E-state index in [-0.39, 0.29) is 93.3 Å². The minimum Gasteiger partial charge on any atom is -0.368 e. The maximum atomic E-state index is 14.5. The normalized spacial score (nSPS) is 14.7. The van der Waals surface area contributed by atoms with E-state index in [0.29, 0.717) is 90.4 Å². The highest BCUT2D eigenvalue weighted by Crippen LogP contribution is 2.16. The monoisotopic (exact) mass is 1220 g/mol. The first-order chi connectivity index (χ1) is 40.6. The topological polar surface area (TPSA) is 409 Å². The quantitative estimate of drug-likeness (QED) is 0.0390. The lowest BCUT2D eigenvalue weighted by atomic mass is 9.98. The van der Waals surface area contributed by atoms with Gasteiger partial charge in [-0.1, -0.05) is 102 Å². The summed E-state index contributed by atoms with van der Waals surface area (Å²) in [5.41, 5.74) is 28.8. The van der Waals surface area contributed by atoms with Gasteiger partial charge >= 0.3 is 0 Å². The number of amides is 10. The Bertz CT molecular complexity index is 2010. The summed E-state index contributed by atoms with van der Waals surface area (Å²) in [7, 11) is 0. The van der Waals surface area contributed by atoms with Crippen molar-refractivity contribution in [2.45, 2.75) is 278 Å². The van der Waals surface area contributed by atoms with Crippen molar-refractivity contribution in [2.24, 2.45) is 58.3 Å². The van der Waals surface area contributed by atoms with E-state index in [0.717, 1.165) is 25.7 Å². The van der Waals surface area contributed by atoms with Crippen LogP contribution in [0.4, 0.5) is 0 Å². The van der Waals surface area contributed by atoms with Gasteiger partial charge in [0.1, 0.15) is 54.4 Å². The van der Waals surface area contributed by atoms with Gasteiger partial charge in [0.05, 0.1) is 0 Å². The lowest BCUT2D eigenvalue weighted by Gasteiger charge is -2.29. The second-order valence-electron chi connectivity index (χ2n) is 25.5. The fourth-order valence-corrected chi connectivity index (χ4v) is 9.91. The van der Waals surface area contributed by atoms with E-state index in [2.05, 4.69) is 54.8 Å². The molecule has 24 nitrogen and oxygen atoms in total. The van der Waals surface area contributed by atoms with Crippen LogP contribution in [-0.2, 0) is 47.9 Å². The first kappa shape index (κ1) is 80.5. The summed E-state index contributed by atoms with van der Waals surface area (Å²) in [6.07, 6.45) is 10.9. The zero-order valence-electron chi connectivity index (χ0n) is 54.6. The summed E-state index contributed by atoms with van der Waals surface area (Å²) in [6.45, 7) is 22.3. The number of rotatable bonds is 50. The van der Waals surface area contributed by atoms with Crippen molar-refractivity contribution in [3.05, 3.63) is 0 Å². The van der Waals surface area contributed by atoms with Crippen LogP contribution in [0.1, 0.15) is 224 Å². The maximum Gasteiger partial charge on any atom is 0.243 e. The fraction of sp³-hybridized carbons (Fsp3) is 0.839. The third kappa shape index (κ3) is 36.6. The van der Waals surface area contributed by atoms with Crippen LogP contribution in [0.25, 0.3) is 0 Å². The summed E-state index contributed by atoms with van der Waals surface area (Å²) >= 11 is 0. The molecule has 0 aliphatic heterocycles. The van der Waals surface area contributed by atoms with Crippen molar-refractivity contribution in [1.29, 1.82) is 0 Å². The second kappa shape index (κ2) is 46.7. The van der Waals surface area contributed by atoms with E-state index in [1.54, 1.807) is 0 Å². The summed E-state index contributed by atoms with van der Waals surface area (Å²) in [4.78, 5) is 139. The third-order valence-electron chi connectivity index (χ3n) is 14.6. The van der Waals surface area contributed by atoms with Crippen LogP contribution >= 0.6 is 0 Å². The molecular weight excluding hydrogens is 1100 g/mol. The van der Waals surface area contributed by atoms with Gasteiger partial charge < -0.3 is 76.5 Å². The van der Waals surface area contributed by atoms with Gasteiger partial charge in [0.2, 0.25) is 59.1 Å². The Morgan fingerprint density at radius 3 is 0.744 bits per heavy atom. The maximum absolute atomic E-state index is 14.5. The van der Waals surface area contributed by atoms with E-state index in [1.807, 2.05) is 69.2 Å². The molecule has 0 heterocycles. The summed E-state index contributed by atoms with van der Waals surface area (Å²) in [5, 5.41) is 25.4. The third-order valence-corrected chi connectivity index (χ3v) is 14.6. The van der Waals surface area contributed by atoms with Gasteiger partial charge in [-0.3, -0.25) is 47.9 Å². The van der Waals surface area contributed by atoms with Gasteiger partial charge in [0, 0.05) is 6.42 Å². The lowest BCUT2D eigenvalue weighted by Crippen LogP contribution is -2.60. The largest absolute Gasteiger partial charge is 0.368 e. The Morgan fingerprint density at radius 1 is 0.279 bits per heavy atom. The van der Waals surface area contributed by atoms with Crippen LogP contribution in [0.2, 0.25) is 0 Å². The molecule has 0 aliphatic rings. The van der Waals surface area contributed by atoms with Gasteiger partial charge in [-0.25, -0.2) is 0 Å². The molecule has 24 heteroatoms. The second-order valence-corrected chi connectivity index (χ2v) is 25.5. The zero-order valence-corrected chi connectivity index (χ0v) is 54.6. The highest BCUT2D eigenvalue weighted by molar-refractivity contribution is 5.98. The Labute approximate surface area is 515 Å². The van der Waals surface area contributed by atoms with E-state index in [9.17, 15) is 47.9 Å². The molecule has 498 valence electrons. The van der Waals surface area contributed by atoms with Crippen LogP contribution < -0.4 is 76.5 Å². The molecule has 0 aromatic carbocycles. The Balaban J connectivity index is 6.88. The predicted molar refractivity (Wildman–Crippen MR) is 339 cm³/mol. The van der Waals surface area contributed by atoms with Gasteiger partial charge in [0.15, 0.2) is 0 Å². The smallest absolute Gasteiger partial charge is 0.243 e.